The van der Waals surface area contributed by atoms with Crippen LogP contribution >= 0.6 is 0 Å². The Morgan fingerprint density at radius 2 is 1.00 bits per heavy atom. The average Bonchev–Trinajstić information content (AvgIpc) is 2.34. The molecule has 3 saturated carbocycles. The first-order valence-corrected chi connectivity index (χ1v) is 28.8. The van der Waals surface area contributed by atoms with Crippen LogP contribution in [0.15, 0.2) is 11.6 Å². The molecule has 466 valence electrons. The van der Waals surface area contributed by atoms with Crippen molar-refractivity contribution < 1.29 is 114 Å². The first-order chi connectivity index (χ1) is 38.8. The maximum absolute atomic E-state index is 13.0. The zero-order chi connectivity index (χ0) is 61.6. The Bertz CT molecular complexity index is 2440. The number of fused-ring (bicyclic) bond motifs is 5. The van der Waals surface area contributed by atoms with E-state index in [4.69, 9.17) is 66.3 Å². The summed E-state index contributed by atoms with van der Waals surface area (Å²) in [5, 5.41) is 0. The van der Waals surface area contributed by atoms with E-state index in [-0.39, 0.29) is 36.0 Å². The number of carbonyl (C=O) groups excluding carboxylic acids is 10. The van der Waals surface area contributed by atoms with Gasteiger partial charge >= 0.3 is 59.7 Å². The Labute approximate surface area is 484 Å². The summed E-state index contributed by atoms with van der Waals surface area (Å²) in [5.41, 5.74) is -0.517. The van der Waals surface area contributed by atoms with Crippen LogP contribution in [-0.2, 0) is 114 Å². The minimum Gasteiger partial charge on any atom is -0.463 e. The number of rotatable bonds is 21. The van der Waals surface area contributed by atoms with Crippen LogP contribution in [-0.4, -0.2) is 159 Å². The number of allylic oxidation sites excluding steroid dienone is 1. The predicted molar refractivity (Wildman–Crippen MR) is 284 cm³/mol. The smallest absolute Gasteiger partial charge is 0.303 e. The lowest BCUT2D eigenvalue weighted by Gasteiger charge is -2.60. The van der Waals surface area contributed by atoms with Gasteiger partial charge in [0.2, 0.25) is 0 Å². The van der Waals surface area contributed by atoms with E-state index in [2.05, 4.69) is 33.8 Å². The maximum Gasteiger partial charge on any atom is 0.303 e. The molecule has 0 radical (unpaired) electrons. The molecule has 2 aliphatic heterocycles. The van der Waals surface area contributed by atoms with E-state index in [1.165, 1.54) is 27.7 Å². The van der Waals surface area contributed by atoms with Gasteiger partial charge < -0.3 is 66.3 Å². The maximum atomic E-state index is 13.0. The van der Waals surface area contributed by atoms with Gasteiger partial charge in [-0.1, -0.05) is 46.3 Å². The Balaban J connectivity index is 1.48. The summed E-state index contributed by atoms with van der Waals surface area (Å²) in [6, 6.07) is 0. The Morgan fingerprint density at radius 1 is 0.542 bits per heavy atom. The molecule has 4 aliphatic carbocycles. The molecule has 2 heterocycles. The van der Waals surface area contributed by atoms with Crippen molar-refractivity contribution in [3.8, 4) is 0 Å². The SMILES string of the molecule is CC(=O)OC[C@H]1O[C@@H](O[C@H]2C[C@H]3[C@@H]4CC=C5C[C@@H](OC(C)=O)C[C@@H](O[C@@H]6O[C@H](COC(C)=O)[C@@H](OC(C)=O)[C@H](OC(C)=O)[C@H]6OC(C)=O)[C@]5(C)[C@H]4CC[C@]3(C)[C@H]2[C@H](C)[C@H](CCC(C)C)OC(C)=O)[C@H](OC(C)=O)[C@@H](OC(C)=O)[C@H]1OC(C)=O. The molecule has 83 heavy (non-hydrogen) atoms. The highest BCUT2D eigenvalue weighted by Gasteiger charge is 2.67. The van der Waals surface area contributed by atoms with E-state index in [1.54, 1.807) is 0 Å². The van der Waals surface area contributed by atoms with E-state index in [0.29, 0.717) is 38.5 Å². The van der Waals surface area contributed by atoms with Crippen LogP contribution in [0, 0.1) is 46.3 Å². The van der Waals surface area contributed by atoms with Gasteiger partial charge in [-0.25, -0.2) is 0 Å². The van der Waals surface area contributed by atoms with Gasteiger partial charge in [0.05, 0.1) is 12.2 Å². The molecular weight excluding hydrogens is 1090 g/mol. The molecule has 24 heteroatoms. The standard InChI is InChI=1S/C59H86O24/c1-27(2)16-19-44(73-32(7)63)28(3)49-45(80-56-54(78-37(12)68)52(76-35(10)66)50(74-33(8)64)46(81-56)25-70-29(4)60)24-43-41-18-17-39-22-40(72-31(6)62)23-48(59(39,15)42(41)20-21-58(43,49)14)83-57-55(79-38(13)69)53(77-36(11)67)51(75-34(9)65)47(82-57)26-71-30(5)61/h17,27-28,40-57H,16,18-26H2,1-15H3/t28-,40-,41-,42+,43+,44+,45+,46-,47-,48-,49+,50+,51-,52+,53+,54-,55-,56-,57+,58+,59+/m1/s1. The van der Waals surface area contributed by atoms with Crippen LogP contribution < -0.4 is 0 Å². The van der Waals surface area contributed by atoms with Crippen LogP contribution in [0.5, 0.6) is 0 Å². The topological polar surface area (TPSA) is 300 Å². The largest absolute Gasteiger partial charge is 0.463 e. The number of esters is 10. The van der Waals surface area contributed by atoms with Crippen molar-refractivity contribution in [1.82, 2.24) is 0 Å². The summed E-state index contributed by atoms with van der Waals surface area (Å²) < 4.78 is 85.0. The zero-order valence-corrected chi connectivity index (χ0v) is 50.5. The lowest BCUT2D eigenvalue weighted by atomic mass is 9.46. The van der Waals surface area contributed by atoms with Crippen molar-refractivity contribution in [3.63, 3.8) is 0 Å². The number of carbonyl (C=O) groups is 10. The van der Waals surface area contributed by atoms with E-state index in [1.807, 2.05) is 6.92 Å². The van der Waals surface area contributed by atoms with Gasteiger partial charge in [-0.2, -0.15) is 0 Å². The molecule has 5 fully saturated rings. The second-order valence-corrected chi connectivity index (χ2v) is 24.0. The summed E-state index contributed by atoms with van der Waals surface area (Å²) in [5.74, 6) is -8.18. The van der Waals surface area contributed by atoms with Gasteiger partial charge in [-0.15, -0.1) is 0 Å². The summed E-state index contributed by atoms with van der Waals surface area (Å²) in [6.45, 7) is 21.4. The molecule has 0 aromatic heterocycles. The molecule has 6 aliphatic rings. The van der Waals surface area contributed by atoms with Crippen molar-refractivity contribution in [2.24, 2.45) is 46.3 Å². The third kappa shape index (κ3) is 16.0. The Hall–Kier alpha value is -5.72. The molecule has 0 spiro atoms. The van der Waals surface area contributed by atoms with Crippen LogP contribution in [0.2, 0.25) is 0 Å². The van der Waals surface area contributed by atoms with Crippen LogP contribution in [0.1, 0.15) is 155 Å². The fourth-order valence-electron chi connectivity index (χ4n) is 14.6. The van der Waals surface area contributed by atoms with Gasteiger partial charge in [-0.05, 0) is 79.4 Å². The fourth-order valence-corrected chi connectivity index (χ4v) is 14.6. The van der Waals surface area contributed by atoms with Crippen LogP contribution in [0.4, 0.5) is 0 Å². The molecule has 24 nitrogen and oxygen atoms in total. The van der Waals surface area contributed by atoms with E-state index in [9.17, 15) is 47.9 Å². The van der Waals surface area contributed by atoms with E-state index < -0.39 is 175 Å². The quantitative estimate of drug-likeness (QED) is 0.0761. The highest BCUT2D eigenvalue weighted by molar-refractivity contribution is 5.70. The normalized spacial score (nSPS) is 36.1. The summed E-state index contributed by atoms with van der Waals surface area (Å²) in [4.78, 5) is 127. The summed E-state index contributed by atoms with van der Waals surface area (Å²) >= 11 is 0. The van der Waals surface area contributed by atoms with Crippen molar-refractivity contribution >= 4 is 59.7 Å². The second kappa shape index (κ2) is 28.0. The van der Waals surface area contributed by atoms with Gasteiger partial charge in [0.25, 0.3) is 0 Å². The highest BCUT2D eigenvalue weighted by Crippen LogP contribution is 2.68. The monoisotopic (exact) mass is 1180 g/mol. The van der Waals surface area contributed by atoms with Gasteiger partial charge in [-0.3, -0.25) is 47.9 Å². The number of hydrogen-bond acceptors (Lipinski definition) is 24. The van der Waals surface area contributed by atoms with Gasteiger partial charge in [0.15, 0.2) is 49.2 Å². The van der Waals surface area contributed by atoms with Crippen LogP contribution in [0.3, 0.4) is 0 Å². The first-order valence-electron chi connectivity index (χ1n) is 28.8. The fraction of sp³-hybridized carbons (Fsp3) is 0.797. The van der Waals surface area contributed by atoms with Crippen molar-refractivity contribution in [1.29, 1.82) is 0 Å². The van der Waals surface area contributed by atoms with E-state index >= 15 is 0 Å². The molecule has 0 aromatic rings. The first kappa shape index (κ1) is 66.4. The Morgan fingerprint density at radius 3 is 1.45 bits per heavy atom. The average molecular weight is 1180 g/mol. The summed E-state index contributed by atoms with van der Waals surface area (Å²) in [7, 11) is 0. The lowest BCUT2D eigenvalue weighted by Crippen LogP contribution is -2.65. The molecule has 0 amide bonds. The number of ether oxygens (including phenoxy) is 14. The minimum atomic E-state index is -1.55. The van der Waals surface area contributed by atoms with E-state index in [0.717, 1.165) is 53.5 Å². The third-order valence-electron chi connectivity index (χ3n) is 17.6. The molecule has 0 N–H and O–H groups in total. The zero-order valence-electron chi connectivity index (χ0n) is 50.5. The summed E-state index contributed by atoms with van der Waals surface area (Å²) in [6.07, 6.45) is -11.5. The lowest BCUT2D eigenvalue weighted by molar-refractivity contribution is -0.328. The molecule has 0 unspecified atom stereocenters. The molecule has 0 aromatic carbocycles. The number of hydrogen-bond donors (Lipinski definition) is 0. The molecule has 6 rings (SSSR count). The molecule has 21 atom stereocenters. The minimum absolute atomic E-state index is 0.125. The third-order valence-corrected chi connectivity index (χ3v) is 17.6. The molecular formula is C59H86O24. The Kier molecular flexibility index (Phi) is 22.4. The van der Waals surface area contributed by atoms with Crippen molar-refractivity contribution in [3.05, 3.63) is 11.6 Å². The van der Waals surface area contributed by atoms with Crippen LogP contribution in [0.25, 0.3) is 0 Å². The van der Waals surface area contributed by atoms with Gasteiger partial charge in [0, 0.05) is 87.5 Å². The highest BCUT2D eigenvalue weighted by atomic mass is 16.8. The predicted octanol–water partition coefficient (Wildman–Crippen LogP) is 5.66. The van der Waals surface area contributed by atoms with Crippen molar-refractivity contribution in [2.45, 2.75) is 241 Å². The van der Waals surface area contributed by atoms with Crippen molar-refractivity contribution in [2.75, 3.05) is 13.2 Å². The second-order valence-electron chi connectivity index (χ2n) is 24.0. The van der Waals surface area contributed by atoms with Gasteiger partial charge in [0.1, 0.15) is 37.6 Å². The molecule has 0 bridgehead atoms. The molecule has 2 saturated heterocycles.